The Balaban J connectivity index is 1.99. The van der Waals surface area contributed by atoms with E-state index in [0.29, 0.717) is 12.3 Å². The van der Waals surface area contributed by atoms with Crippen molar-refractivity contribution in [3.05, 3.63) is 63.1 Å². The second-order valence-electron chi connectivity index (χ2n) is 11.4. The Labute approximate surface area is 246 Å². The van der Waals surface area contributed by atoms with Crippen molar-refractivity contribution in [2.24, 2.45) is 11.8 Å². The van der Waals surface area contributed by atoms with Gasteiger partial charge in [-0.2, -0.15) is 0 Å². The number of hydrogen-bond donors (Lipinski definition) is 0. The van der Waals surface area contributed by atoms with Gasteiger partial charge in [0.15, 0.2) is 11.6 Å². The molecule has 3 rings (SSSR count). The van der Waals surface area contributed by atoms with Crippen LogP contribution in [0.25, 0.3) is 0 Å². The van der Waals surface area contributed by atoms with Crippen LogP contribution in [-0.2, 0) is 16.0 Å². The third kappa shape index (κ3) is 8.14. The molecule has 2 aliphatic heterocycles. The number of allylic oxidation sites excluding steroid dienone is 8. The molecule has 1 atom stereocenters. The van der Waals surface area contributed by atoms with Crippen LogP contribution in [0.5, 0.6) is 0 Å². The molecule has 220 valence electrons. The molecular weight excluding hydrogens is 516 g/mol. The van der Waals surface area contributed by atoms with Gasteiger partial charge in [0, 0.05) is 62.2 Å². The topological polar surface area (TPSA) is 49.9 Å². The van der Waals surface area contributed by atoms with E-state index in [2.05, 4.69) is 36.8 Å². The van der Waals surface area contributed by atoms with Crippen molar-refractivity contribution < 1.29 is 14.3 Å². The summed E-state index contributed by atoms with van der Waals surface area (Å²) < 4.78 is 5.65. The highest BCUT2D eigenvalue weighted by molar-refractivity contribution is 7.16. The van der Waals surface area contributed by atoms with Gasteiger partial charge < -0.3 is 14.5 Å². The first kappa shape index (κ1) is 32.2. The fraction of sp³-hybridized carbons (Fsp3) is 0.588. The number of hydrogen-bond acceptors (Lipinski definition) is 6. The molecule has 2 saturated heterocycles. The fourth-order valence-corrected chi connectivity index (χ4v) is 7.23. The van der Waals surface area contributed by atoms with Crippen molar-refractivity contribution in [1.82, 2.24) is 4.90 Å². The molecule has 0 aromatic carbocycles. The zero-order valence-electron chi connectivity index (χ0n) is 25.8. The smallest absolute Gasteiger partial charge is 0.181 e. The Morgan fingerprint density at radius 1 is 1.07 bits per heavy atom. The van der Waals surface area contributed by atoms with E-state index in [9.17, 15) is 9.59 Å². The van der Waals surface area contributed by atoms with E-state index >= 15 is 0 Å². The van der Waals surface area contributed by atoms with Gasteiger partial charge in [0.25, 0.3) is 0 Å². The van der Waals surface area contributed by atoms with Crippen LogP contribution in [0.1, 0.15) is 81.1 Å². The monoisotopic (exact) mass is 566 g/mol. The van der Waals surface area contributed by atoms with Crippen molar-refractivity contribution in [3.8, 4) is 0 Å². The molecule has 0 radical (unpaired) electrons. The van der Waals surface area contributed by atoms with E-state index in [0.717, 1.165) is 92.4 Å². The largest absolute Gasteiger partial charge is 0.381 e. The molecule has 0 N–H and O–H groups in total. The number of thiophene rings is 1. The van der Waals surface area contributed by atoms with Crippen LogP contribution >= 0.6 is 11.3 Å². The highest BCUT2D eigenvalue weighted by Gasteiger charge is 2.31. The lowest BCUT2D eigenvalue weighted by atomic mass is 9.86. The van der Waals surface area contributed by atoms with Gasteiger partial charge in [-0.3, -0.25) is 9.59 Å². The standard InChI is InChI=1S/C34H50N2O3S/c1-8-11-24(4)29(30(37)13-10-3)22-25(5)33(38)32-26(6)31(40-34(32)36-18-16-35(7)17-19-36)23-28(12-9-2)27-14-20-39-21-15-27/h8,10-13,25,27H,9,14-23H2,1-7H3. The molecule has 0 aliphatic carbocycles. The summed E-state index contributed by atoms with van der Waals surface area (Å²) in [5.41, 5.74) is 5.15. The summed E-state index contributed by atoms with van der Waals surface area (Å²) in [7, 11) is 2.16. The first-order valence-corrected chi connectivity index (χ1v) is 15.9. The Hall–Kier alpha value is -2.28. The number of likely N-dealkylation sites (N-methyl/N-ethyl adjacent to an activating group) is 1. The molecule has 0 spiro atoms. The molecule has 1 aromatic heterocycles. The predicted octanol–water partition coefficient (Wildman–Crippen LogP) is 7.36. The van der Waals surface area contributed by atoms with Crippen LogP contribution in [-0.4, -0.2) is 62.9 Å². The maximum atomic E-state index is 14.3. The molecule has 0 bridgehead atoms. The number of piperazine rings is 1. The zero-order chi connectivity index (χ0) is 29.2. The number of nitrogens with zero attached hydrogens (tertiary/aromatic N) is 2. The summed E-state index contributed by atoms with van der Waals surface area (Å²) in [4.78, 5) is 33.4. The minimum atomic E-state index is -0.294. The molecule has 1 unspecified atom stereocenters. The molecule has 6 heteroatoms. The summed E-state index contributed by atoms with van der Waals surface area (Å²) in [6, 6.07) is 0. The van der Waals surface area contributed by atoms with Crippen LogP contribution in [0, 0.1) is 18.8 Å². The van der Waals surface area contributed by atoms with Crippen LogP contribution in [0.15, 0.2) is 47.1 Å². The lowest BCUT2D eigenvalue weighted by Gasteiger charge is -2.34. The lowest BCUT2D eigenvalue weighted by Crippen LogP contribution is -2.44. The molecule has 2 aliphatic rings. The molecule has 3 heterocycles. The van der Waals surface area contributed by atoms with E-state index in [-0.39, 0.29) is 17.5 Å². The Morgan fingerprint density at radius 2 is 1.73 bits per heavy atom. The summed E-state index contributed by atoms with van der Waals surface area (Å²) in [5, 5.41) is 1.12. The molecule has 5 nitrogen and oxygen atoms in total. The number of ether oxygens (including phenoxy) is 1. The van der Waals surface area contributed by atoms with Gasteiger partial charge in [-0.05, 0) is 83.6 Å². The van der Waals surface area contributed by atoms with Crippen molar-refractivity contribution in [2.75, 3.05) is 51.3 Å². The van der Waals surface area contributed by atoms with Gasteiger partial charge in [-0.1, -0.05) is 43.7 Å². The highest BCUT2D eigenvalue weighted by Crippen LogP contribution is 2.41. The molecule has 40 heavy (non-hydrogen) atoms. The number of carbonyl (C=O) groups excluding carboxylic acids is 2. The second kappa shape index (κ2) is 15.6. The number of ketones is 2. The maximum absolute atomic E-state index is 14.3. The molecule has 1 aromatic rings. The van der Waals surface area contributed by atoms with Crippen molar-refractivity contribution >= 4 is 27.9 Å². The van der Waals surface area contributed by atoms with E-state index in [1.807, 2.05) is 51.2 Å². The first-order valence-electron chi connectivity index (χ1n) is 15.1. The van der Waals surface area contributed by atoms with Crippen molar-refractivity contribution in [1.29, 1.82) is 0 Å². The van der Waals surface area contributed by atoms with Gasteiger partial charge in [-0.25, -0.2) is 0 Å². The van der Waals surface area contributed by atoms with E-state index in [4.69, 9.17) is 4.74 Å². The predicted molar refractivity (Wildman–Crippen MR) is 170 cm³/mol. The second-order valence-corrected chi connectivity index (χ2v) is 12.5. The van der Waals surface area contributed by atoms with E-state index in [1.54, 1.807) is 12.2 Å². The molecule has 2 fully saturated rings. The van der Waals surface area contributed by atoms with E-state index < -0.39 is 0 Å². The number of Topliss-reactive ketones (excluding diaryl/α,β-unsaturated/α-hetero) is 1. The van der Waals surface area contributed by atoms with E-state index in [1.165, 1.54) is 10.5 Å². The third-order valence-corrected chi connectivity index (χ3v) is 9.66. The van der Waals surface area contributed by atoms with Gasteiger partial charge in [0.1, 0.15) is 5.00 Å². The van der Waals surface area contributed by atoms with Crippen LogP contribution < -0.4 is 4.90 Å². The van der Waals surface area contributed by atoms with Gasteiger partial charge in [0.2, 0.25) is 0 Å². The average molecular weight is 567 g/mol. The first-order chi connectivity index (χ1) is 19.2. The Kier molecular flexibility index (Phi) is 12.6. The molecule has 0 saturated carbocycles. The minimum Gasteiger partial charge on any atom is -0.381 e. The summed E-state index contributed by atoms with van der Waals surface area (Å²) in [6.07, 6.45) is 14.2. The van der Waals surface area contributed by atoms with Crippen molar-refractivity contribution in [2.45, 2.75) is 73.6 Å². The Bertz CT molecular complexity index is 1140. The van der Waals surface area contributed by atoms with Crippen molar-refractivity contribution in [3.63, 3.8) is 0 Å². The molecule has 0 amide bonds. The third-order valence-electron chi connectivity index (χ3n) is 8.31. The fourth-order valence-electron chi connectivity index (χ4n) is 5.84. The number of rotatable bonds is 12. The normalized spacial score (nSPS) is 19.5. The van der Waals surface area contributed by atoms with Gasteiger partial charge >= 0.3 is 0 Å². The summed E-state index contributed by atoms with van der Waals surface area (Å²) in [5.74, 6) is 0.406. The number of carbonyl (C=O) groups is 2. The average Bonchev–Trinajstić information content (AvgIpc) is 3.27. The number of anilines is 1. The maximum Gasteiger partial charge on any atom is 0.181 e. The minimum absolute atomic E-state index is 0.00873. The highest BCUT2D eigenvalue weighted by atomic mass is 32.1. The van der Waals surface area contributed by atoms with Crippen LogP contribution in [0.3, 0.4) is 0 Å². The SMILES string of the molecule is CC=CC(=O)C(CC(C)C(=O)c1c(N2CCN(C)CC2)sc(CC(=CCC)C2CCOCC2)c1C)=C(C)C=CC. The Morgan fingerprint density at radius 3 is 2.33 bits per heavy atom. The van der Waals surface area contributed by atoms with Crippen LogP contribution in [0.4, 0.5) is 5.00 Å². The van der Waals surface area contributed by atoms with Crippen LogP contribution in [0.2, 0.25) is 0 Å². The lowest BCUT2D eigenvalue weighted by molar-refractivity contribution is -0.111. The van der Waals surface area contributed by atoms with Gasteiger partial charge in [0.05, 0.1) is 5.56 Å². The quantitative estimate of drug-likeness (QED) is 0.114. The zero-order valence-corrected chi connectivity index (χ0v) is 26.7. The van der Waals surface area contributed by atoms with Gasteiger partial charge in [-0.15, -0.1) is 11.3 Å². The molecular formula is C34H50N2O3S. The summed E-state index contributed by atoms with van der Waals surface area (Å²) >= 11 is 1.82. The summed E-state index contributed by atoms with van der Waals surface area (Å²) in [6.45, 7) is 17.6.